The number of ether oxygens (including phenoxy) is 2. The van der Waals surface area contributed by atoms with Crippen molar-refractivity contribution in [2.75, 3.05) is 32.9 Å². The van der Waals surface area contributed by atoms with Crippen LogP contribution in [-0.2, 0) is 14.3 Å². The van der Waals surface area contributed by atoms with E-state index in [1.165, 1.54) is 19.3 Å². The van der Waals surface area contributed by atoms with Crippen LogP contribution in [0.2, 0.25) is 0 Å². The minimum Gasteiger partial charge on any atom is -0.376 e. The Balaban J connectivity index is 1.96. The van der Waals surface area contributed by atoms with E-state index in [2.05, 4.69) is 0 Å². The Kier molecular flexibility index (Phi) is 5.41. The van der Waals surface area contributed by atoms with Gasteiger partial charge in [-0.2, -0.15) is 0 Å². The van der Waals surface area contributed by atoms with Crippen LogP contribution < -0.4 is 5.73 Å². The normalized spacial score (nSPS) is 25.9. The summed E-state index contributed by atoms with van der Waals surface area (Å²) in [5.74, 6) is 0.0621. The maximum absolute atomic E-state index is 12.5. The van der Waals surface area contributed by atoms with Gasteiger partial charge in [0.1, 0.15) is 0 Å². The van der Waals surface area contributed by atoms with Gasteiger partial charge in [0, 0.05) is 19.1 Å². The van der Waals surface area contributed by atoms with Gasteiger partial charge in [-0.3, -0.25) is 4.79 Å². The Bertz CT molecular complexity index is 261. The summed E-state index contributed by atoms with van der Waals surface area (Å²) >= 11 is 0. The number of hydrogen-bond acceptors (Lipinski definition) is 4. The van der Waals surface area contributed by atoms with Gasteiger partial charge in [0.25, 0.3) is 5.91 Å². The molecule has 2 N–H and O–H groups in total. The molecule has 0 radical (unpaired) electrons. The molecule has 1 aliphatic carbocycles. The Hall–Kier alpha value is -0.650. The van der Waals surface area contributed by atoms with Gasteiger partial charge in [0.05, 0.1) is 19.8 Å². The first-order valence-corrected chi connectivity index (χ1v) is 7.03. The first-order valence-electron chi connectivity index (χ1n) is 7.03. The van der Waals surface area contributed by atoms with Gasteiger partial charge in [0.15, 0.2) is 6.10 Å². The molecule has 104 valence electrons. The number of rotatable bonds is 4. The van der Waals surface area contributed by atoms with Crippen molar-refractivity contribution in [3.05, 3.63) is 0 Å². The van der Waals surface area contributed by atoms with Crippen molar-refractivity contribution < 1.29 is 14.3 Å². The molecule has 1 atom stereocenters. The van der Waals surface area contributed by atoms with Gasteiger partial charge >= 0.3 is 0 Å². The summed E-state index contributed by atoms with van der Waals surface area (Å²) in [4.78, 5) is 14.4. The lowest BCUT2D eigenvalue weighted by Gasteiger charge is -2.37. The number of amides is 1. The van der Waals surface area contributed by atoms with Crippen molar-refractivity contribution in [3.8, 4) is 0 Å². The fraction of sp³-hybridized carbons (Fsp3) is 0.923. The van der Waals surface area contributed by atoms with Crippen molar-refractivity contribution in [1.82, 2.24) is 4.90 Å². The number of carbonyl (C=O) groups excluding carboxylic acids is 1. The quantitative estimate of drug-likeness (QED) is 0.796. The lowest BCUT2D eigenvalue weighted by molar-refractivity contribution is -0.160. The molecular weight excluding hydrogens is 232 g/mol. The van der Waals surface area contributed by atoms with Crippen LogP contribution in [0.15, 0.2) is 0 Å². The summed E-state index contributed by atoms with van der Waals surface area (Å²) in [6, 6.07) is 0.348. The SMILES string of the molecule is NCCN(C(=O)C1COCCO1)C1CCCCC1. The van der Waals surface area contributed by atoms with E-state index in [1.54, 1.807) is 0 Å². The average molecular weight is 256 g/mol. The number of carbonyl (C=O) groups is 1. The highest BCUT2D eigenvalue weighted by Crippen LogP contribution is 2.23. The summed E-state index contributed by atoms with van der Waals surface area (Å²) in [5, 5.41) is 0. The molecule has 1 heterocycles. The van der Waals surface area contributed by atoms with Crippen LogP contribution >= 0.6 is 0 Å². The fourth-order valence-corrected chi connectivity index (χ4v) is 2.82. The van der Waals surface area contributed by atoms with Crippen molar-refractivity contribution in [1.29, 1.82) is 0 Å². The maximum Gasteiger partial charge on any atom is 0.254 e. The molecule has 0 aromatic heterocycles. The van der Waals surface area contributed by atoms with E-state index in [-0.39, 0.29) is 5.91 Å². The van der Waals surface area contributed by atoms with Crippen LogP contribution in [0.3, 0.4) is 0 Å². The molecule has 1 saturated heterocycles. The summed E-state index contributed by atoms with van der Waals surface area (Å²) in [7, 11) is 0. The largest absolute Gasteiger partial charge is 0.376 e. The smallest absolute Gasteiger partial charge is 0.254 e. The van der Waals surface area contributed by atoms with Crippen molar-refractivity contribution in [2.24, 2.45) is 5.73 Å². The van der Waals surface area contributed by atoms with E-state index in [0.29, 0.717) is 39.0 Å². The van der Waals surface area contributed by atoms with Gasteiger partial charge in [-0.25, -0.2) is 0 Å². The van der Waals surface area contributed by atoms with E-state index in [9.17, 15) is 4.79 Å². The average Bonchev–Trinajstić information content (AvgIpc) is 2.46. The van der Waals surface area contributed by atoms with Gasteiger partial charge in [-0.1, -0.05) is 19.3 Å². The number of hydrogen-bond donors (Lipinski definition) is 1. The van der Waals surface area contributed by atoms with Gasteiger partial charge in [-0.15, -0.1) is 0 Å². The highest BCUT2D eigenvalue weighted by Gasteiger charge is 2.31. The van der Waals surface area contributed by atoms with Gasteiger partial charge in [0.2, 0.25) is 0 Å². The van der Waals surface area contributed by atoms with Gasteiger partial charge < -0.3 is 20.1 Å². The molecule has 1 amide bonds. The molecule has 0 bridgehead atoms. The fourth-order valence-electron chi connectivity index (χ4n) is 2.82. The molecule has 1 aliphatic heterocycles. The Morgan fingerprint density at radius 3 is 2.61 bits per heavy atom. The number of nitrogens with zero attached hydrogens (tertiary/aromatic N) is 1. The van der Waals surface area contributed by atoms with Crippen LogP contribution in [0.5, 0.6) is 0 Å². The zero-order chi connectivity index (χ0) is 12.8. The molecule has 0 spiro atoms. The molecule has 2 fully saturated rings. The topological polar surface area (TPSA) is 64.8 Å². The zero-order valence-electron chi connectivity index (χ0n) is 11.0. The highest BCUT2D eigenvalue weighted by molar-refractivity contribution is 5.81. The van der Waals surface area contributed by atoms with E-state index in [0.717, 1.165) is 12.8 Å². The number of nitrogens with two attached hydrogens (primary N) is 1. The van der Waals surface area contributed by atoms with E-state index >= 15 is 0 Å². The predicted octanol–water partition coefficient (Wildman–Crippen LogP) is 0.522. The minimum absolute atomic E-state index is 0.0621. The summed E-state index contributed by atoms with van der Waals surface area (Å²) in [5.41, 5.74) is 5.64. The van der Waals surface area contributed by atoms with Crippen LogP contribution in [0.25, 0.3) is 0 Å². The molecule has 2 rings (SSSR count). The standard InChI is InChI=1S/C13H24N2O3/c14-6-7-15(11-4-2-1-3-5-11)13(16)12-10-17-8-9-18-12/h11-12H,1-10,14H2. The molecule has 2 aliphatic rings. The Morgan fingerprint density at radius 1 is 1.22 bits per heavy atom. The lowest BCUT2D eigenvalue weighted by atomic mass is 9.94. The second kappa shape index (κ2) is 7.07. The highest BCUT2D eigenvalue weighted by atomic mass is 16.6. The molecule has 5 heteroatoms. The van der Waals surface area contributed by atoms with Crippen molar-refractivity contribution in [2.45, 2.75) is 44.2 Å². The summed E-state index contributed by atoms with van der Waals surface area (Å²) in [6.45, 7) is 2.62. The van der Waals surface area contributed by atoms with Crippen LogP contribution in [0, 0.1) is 0 Å². The summed E-state index contributed by atoms with van der Waals surface area (Å²) < 4.78 is 10.8. The molecule has 1 saturated carbocycles. The zero-order valence-corrected chi connectivity index (χ0v) is 11.0. The minimum atomic E-state index is -0.424. The van der Waals surface area contributed by atoms with E-state index in [4.69, 9.17) is 15.2 Å². The molecule has 18 heavy (non-hydrogen) atoms. The van der Waals surface area contributed by atoms with Crippen LogP contribution in [0.4, 0.5) is 0 Å². The van der Waals surface area contributed by atoms with Crippen molar-refractivity contribution >= 4 is 5.91 Å². The lowest BCUT2D eigenvalue weighted by Crippen LogP contribution is -2.51. The van der Waals surface area contributed by atoms with Crippen molar-refractivity contribution in [3.63, 3.8) is 0 Å². The van der Waals surface area contributed by atoms with Crippen LogP contribution in [-0.4, -0.2) is 55.9 Å². The third-order valence-electron chi connectivity index (χ3n) is 3.76. The molecule has 0 aromatic rings. The Morgan fingerprint density at radius 2 is 2.00 bits per heavy atom. The molecule has 0 aromatic carbocycles. The molecular formula is C13H24N2O3. The van der Waals surface area contributed by atoms with Crippen LogP contribution in [0.1, 0.15) is 32.1 Å². The Labute approximate surface area is 109 Å². The first kappa shape index (κ1) is 13.8. The second-order valence-electron chi connectivity index (χ2n) is 5.05. The monoisotopic (exact) mass is 256 g/mol. The van der Waals surface area contributed by atoms with Gasteiger partial charge in [-0.05, 0) is 12.8 Å². The van der Waals surface area contributed by atoms with E-state index < -0.39 is 6.10 Å². The summed E-state index contributed by atoms with van der Waals surface area (Å²) in [6.07, 6.45) is 5.47. The second-order valence-corrected chi connectivity index (χ2v) is 5.05. The predicted molar refractivity (Wildman–Crippen MR) is 68.2 cm³/mol. The molecule has 1 unspecified atom stereocenters. The first-order chi connectivity index (χ1) is 8.83. The molecule has 5 nitrogen and oxygen atoms in total. The maximum atomic E-state index is 12.5. The van der Waals surface area contributed by atoms with E-state index in [1.807, 2.05) is 4.90 Å². The third kappa shape index (κ3) is 3.43. The third-order valence-corrected chi connectivity index (χ3v) is 3.76.